The number of hydrogen-bond donors (Lipinski definition) is 0. The lowest BCUT2D eigenvalue weighted by atomic mass is 10.0. The Morgan fingerprint density at radius 2 is 1.89 bits per heavy atom. The molecule has 0 unspecified atom stereocenters. The van der Waals surface area contributed by atoms with Crippen molar-refractivity contribution in [2.75, 3.05) is 0 Å². The van der Waals surface area contributed by atoms with E-state index in [-0.39, 0.29) is 0 Å². The van der Waals surface area contributed by atoms with Crippen molar-refractivity contribution < 1.29 is 4.52 Å². The molecule has 0 bridgehead atoms. The second-order valence-corrected chi connectivity index (χ2v) is 8.25. The number of benzene rings is 1. The SMILES string of the molecule is CC(C)c1ccc(-c2ccc(SCc3nc(-c4cccs4)no3)nn2)cc1. The molecule has 0 radical (unpaired) electrons. The highest BCUT2D eigenvalue weighted by molar-refractivity contribution is 7.98. The zero-order valence-corrected chi connectivity index (χ0v) is 16.6. The van der Waals surface area contributed by atoms with Gasteiger partial charge in [-0.2, -0.15) is 4.98 Å². The van der Waals surface area contributed by atoms with E-state index in [4.69, 9.17) is 4.52 Å². The average molecular weight is 395 g/mol. The van der Waals surface area contributed by atoms with Crippen LogP contribution in [-0.2, 0) is 5.75 Å². The van der Waals surface area contributed by atoms with E-state index in [0.29, 0.717) is 23.4 Å². The van der Waals surface area contributed by atoms with Crippen LogP contribution in [0.5, 0.6) is 0 Å². The molecule has 0 aliphatic heterocycles. The third-order valence-electron chi connectivity index (χ3n) is 4.07. The van der Waals surface area contributed by atoms with Crippen LogP contribution >= 0.6 is 23.1 Å². The molecule has 4 aromatic rings. The van der Waals surface area contributed by atoms with E-state index >= 15 is 0 Å². The monoisotopic (exact) mass is 394 g/mol. The zero-order valence-electron chi connectivity index (χ0n) is 15.0. The Labute approximate surface area is 165 Å². The molecule has 0 aliphatic carbocycles. The molecule has 0 spiro atoms. The van der Waals surface area contributed by atoms with Crippen LogP contribution in [0.4, 0.5) is 0 Å². The Hall–Kier alpha value is -2.51. The van der Waals surface area contributed by atoms with E-state index in [2.05, 4.69) is 58.5 Å². The van der Waals surface area contributed by atoms with E-state index in [0.717, 1.165) is 21.2 Å². The first kappa shape index (κ1) is 17.9. The molecule has 0 saturated carbocycles. The Morgan fingerprint density at radius 1 is 1.04 bits per heavy atom. The minimum absolute atomic E-state index is 0.522. The number of hydrogen-bond acceptors (Lipinski definition) is 7. The van der Waals surface area contributed by atoms with E-state index in [1.807, 2.05) is 29.6 Å². The van der Waals surface area contributed by atoms with Crippen molar-refractivity contribution in [1.82, 2.24) is 20.3 Å². The summed E-state index contributed by atoms with van der Waals surface area (Å²) >= 11 is 3.12. The third-order valence-corrected chi connectivity index (χ3v) is 5.84. The molecule has 0 amide bonds. The van der Waals surface area contributed by atoms with E-state index in [1.54, 1.807) is 11.3 Å². The molecular formula is C20H18N4OS2. The van der Waals surface area contributed by atoms with Crippen LogP contribution in [0.15, 0.2) is 63.5 Å². The molecule has 0 saturated heterocycles. The number of thioether (sulfide) groups is 1. The molecule has 3 heterocycles. The molecule has 0 atom stereocenters. The summed E-state index contributed by atoms with van der Waals surface area (Å²) in [7, 11) is 0. The largest absolute Gasteiger partial charge is 0.338 e. The van der Waals surface area contributed by atoms with Gasteiger partial charge in [-0.15, -0.1) is 21.5 Å². The smallest absolute Gasteiger partial charge is 0.237 e. The highest BCUT2D eigenvalue weighted by Crippen LogP contribution is 2.26. The summed E-state index contributed by atoms with van der Waals surface area (Å²) in [4.78, 5) is 5.42. The summed E-state index contributed by atoms with van der Waals surface area (Å²) in [6.07, 6.45) is 0. The molecule has 5 nitrogen and oxygen atoms in total. The fourth-order valence-corrected chi connectivity index (χ4v) is 3.85. The average Bonchev–Trinajstić information content (AvgIpc) is 3.38. The van der Waals surface area contributed by atoms with Gasteiger partial charge in [0.2, 0.25) is 11.7 Å². The molecule has 0 fully saturated rings. The normalized spacial score (nSPS) is 11.2. The van der Waals surface area contributed by atoms with Crippen LogP contribution in [0, 0.1) is 0 Å². The predicted molar refractivity (Wildman–Crippen MR) is 109 cm³/mol. The topological polar surface area (TPSA) is 64.7 Å². The number of aromatic nitrogens is 4. The first-order valence-corrected chi connectivity index (χ1v) is 10.5. The summed E-state index contributed by atoms with van der Waals surface area (Å²) in [5.41, 5.74) is 3.26. The second kappa shape index (κ2) is 8.02. The van der Waals surface area contributed by atoms with Gasteiger partial charge >= 0.3 is 0 Å². The molecule has 27 heavy (non-hydrogen) atoms. The lowest BCUT2D eigenvalue weighted by Gasteiger charge is -2.06. The van der Waals surface area contributed by atoms with Crippen LogP contribution in [0.3, 0.4) is 0 Å². The molecule has 0 aliphatic rings. The van der Waals surface area contributed by atoms with Gasteiger partial charge in [-0.25, -0.2) is 0 Å². The van der Waals surface area contributed by atoms with Gasteiger partial charge in [0.15, 0.2) is 0 Å². The van der Waals surface area contributed by atoms with Crippen LogP contribution in [0.25, 0.3) is 22.0 Å². The van der Waals surface area contributed by atoms with Crippen LogP contribution in [0.2, 0.25) is 0 Å². The standard InChI is InChI=1S/C20H18N4OS2/c1-13(2)14-5-7-15(8-6-14)16-9-10-19(23-22-16)27-12-18-21-20(24-25-18)17-4-3-11-26-17/h3-11,13H,12H2,1-2H3. The van der Waals surface area contributed by atoms with E-state index < -0.39 is 0 Å². The van der Waals surface area contributed by atoms with Gasteiger partial charge in [0.05, 0.1) is 16.3 Å². The fourth-order valence-electron chi connectivity index (χ4n) is 2.54. The molecule has 4 rings (SSSR count). The molecule has 7 heteroatoms. The van der Waals surface area contributed by atoms with Crippen molar-refractivity contribution in [3.63, 3.8) is 0 Å². The van der Waals surface area contributed by atoms with Gasteiger partial charge in [-0.1, -0.05) is 61.1 Å². The van der Waals surface area contributed by atoms with Gasteiger partial charge in [-0.3, -0.25) is 0 Å². The summed E-state index contributed by atoms with van der Waals surface area (Å²) < 4.78 is 5.31. The Balaban J connectivity index is 1.39. The van der Waals surface area contributed by atoms with Gasteiger partial charge in [0, 0.05) is 5.56 Å². The minimum atomic E-state index is 0.522. The molecule has 1 aromatic carbocycles. The van der Waals surface area contributed by atoms with Crippen LogP contribution < -0.4 is 0 Å². The van der Waals surface area contributed by atoms with Gasteiger partial charge in [-0.05, 0) is 35.1 Å². The molecule has 136 valence electrons. The molecule has 3 aromatic heterocycles. The summed E-state index contributed by atoms with van der Waals surface area (Å²) in [5.74, 6) is 2.30. The minimum Gasteiger partial charge on any atom is -0.338 e. The quantitative estimate of drug-likeness (QED) is 0.393. The predicted octanol–water partition coefficient (Wildman–Crippen LogP) is 5.67. The van der Waals surface area contributed by atoms with Crippen LogP contribution in [-0.4, -0.2) is 20.3 Å². The van der Waals surface area contributed by atoms with Crippen molar-refractivity contribution >= 4 is 23.1 Å². The van der Waals surface area contributed by atoms with Gasteiger partial charge < -0.3 is 4.52 Å². The highest BCUT2D eigenvalue weighted by Gasteiger charge is 2.10. The van der Waals surface area contributed by atoms with Crippen molar-refractivity contribution in [2.24, 2.45) is 0 Å². The fraction of sp³-hybridized carbons (Fsp3) is 0.200. The lowest BCUT2D eigenvalue weighted by molar-refractivity contribution is 0.392. The number of rotatable bonds is 6. The van der Waals surface area contributed by atoms with Gasteiger partial charge in [0.1, 0.15) is 5.03 Å². The first-order chi connectivity index (χ1) is 13.2. The Bertz CT molecular complexity index is 993. The maximum atomic E-state index is 5.31. The highest BCUT2D eigenvalue weighted by atomic mass is 32.2. The third kappa shape index (κ3) is 4.26. The van der Waals surface area contributed by atoms with E-state index in [1.165, 1.54) is 17.3 Å². The Kier molecular flexibility index (Phi) is 5.31. The maximum Gasteiger partial charge on any atom is 0.237 e. The maximum absolute atomic E-state index is 5.31. The number of nitrogens with zero attached hydrogens (tertiary/aromatic N) is 4. The zero-order chi connectivity index (χ0) is 18.6. The lowest BCUT2D eigenvalue weighted by Crippen LogP contribution is -1.91. The first-order valence-electron chi connectivity index (χ1n) is 8.62. The van der Waals surface area contributed by atoms with E-state index in [9.17, 15) is 0 Å². The van der Waals surface area contributed by atoms with Crippen LogP contribution in [0.1, 0.15) is 31.2 Å². The molecular weight excluding hydrogens is 376 g/mol. The Morgan fingerprint density at radius 3 is 2.56 bits per heavy atom. The van der Waals surface area contributed by atoms with Crippen molar-refractivity contribution in [3.8, 4) is 22.0 Å². The summed E-state index contributed by atoms with van der Waals surface area (Å²) in [6, 6.07) is 16.4. The van der Waals surface area contributed by atoms with Gasteiger partial charge in [0.25, 0.3) is 0 Å². The summed E-state index contributed by atoms with van der Waals surface area (Å²) in [5, 5.41) is 15.5. The molecule has 0 N–H and O–H groups in total. The number of thiophene rings is 1. The van der Waals surface area contributed by atoms with Crippen molar-refractivity contribution in [3.05, 3.63) is 65.4 Å². The summed E-state index contributed by atoms with van der Waals surface area (Å²) in [6.45, 7) is 4.38. The van der Waals surface area contributed by atoms with Crippen molar-refractivity contribution in [2.45, 2.75) is 30.5 Å². The second-order valence-electron chi connectivity index (χ2n) is 6.31. The van der Waals surface area contributed by atoms with Crippen molar-refractivity contribution in [1.29, 1.82) is 0 Å².